The summed E-state index contributed by atoms with van der Waals surface area (Å²) in [5, 5.41) is 0. The van der Waals surface area contributed by atoms with E-state index in [1.54, 1.807) is 0 Å². The Balaban J connectivity index is 2.49. The van der Waals surface area contributed by atoms with Crippen molar-refractivity contribution in [3.05, 3.63) is 0 Å². The molecule has 1 atom stereocenters. The van der Waals surface area contributed by atoms with Crippen LogP contribution in [0.2, 0.25) is 16.6 Å². The van der Waals surface area contributed by atoms with E-state index in [4.69, 9.17) is 13.9 Å². The zero-order valence-corrected chi connectivity index (χ0v) is 17.3. The predicted octanol–water partition coefficient (Wildman–Crippen LogP) is 4.68. The van der Waals surface area contributed by atoms with Crippen molar-refractivity contribution in [3.63, 3.8) is 0 Å². The molecular weight excluding hydrogens is 308 g/mol. The average molecular weight is 345 g/mol. The van der Waals surface area contributed by atoms with E-state index < -0.39 is 14.1 Å². The minimum absolute atomic E-state index is 0.111. The maximum atomic E-state index is 12.2. The van der Waals surface area contributed by atoms with E-state index in [1.165, 1.54) is 0 Å². The maximum absolute atomic E-state index is 12.2. The molecule has 5 heteroatoms. The fourth-order valence-corrected chi connectivity index (χ4v) is 9.52. The highest BCUT2D eigenvalue weighted by atomic mass is 28.4. The van der Waals surface area contributed by atoms with Gasteiger partial charge in [0.05, 0.1) is 12.7 Å². The van der Waals surface area contributed by atoms with Gasteiger partial charge in [-0.15, -0.1) is 0 Å². The van der Waals surface area contributed by atoms with E-state index in [1.807, 2.05) is 13.8 Å². The van der Waals surface area contributed by atoms with E-state index in [0.717, 1.165) is 0 Å². The number of hydrogen-bond acceptors (Lipinski definition) is 4. The lowest BCUT2D eigenvalue weighted by Crippen LogP contribution is -2.48. The molecule has 1 heterocycles. The van der Waals surface area contributed by atoms with Gasteiger partial charge in [0.1, 0.15) is 5.78 Å². The second kappa shape index (κ2) is 8.23. The number of ether oxygens (including phenoxy) is 2. The van der Waals surface area contributed by atoms with Crippen LogP contribution in [0.25, 0.3) is 0 Å². The molecule has 1 aliphatic rings. The highest BCUT2D eigenvalue weighted by Crippen LogP contribution is 2.42. The lowest BCUT2D eigenvalue weighted by molar-refractivity contribution is -0.142. The average Bonchev–Trinajstić information content (AvgIpc) is 2.72. The Morgan fingerprint density at radius 3 is 2.04 bits per heavy atom. The quantitative estimate of drug-likeness (QED) is 0.570. The molecule has 1 saturated heterocycles. The molecule has 0 unspecified atom stereocenters. The zero-order chi connectivity index (χ0) is 17.8. The van der Waals surface area contributed by atoms with Crippen LogP contribution in [0, 0.1) is 0 Å². The van der Waals surface area contributed by atoms with Crippen molar-refractivity contribution in [2.75, 3.05) is 13.2 Å². The third-order valence-corrected chi connectivity index (χ3v) is 11.1. The molecule has 0 aromatic carbocycles. The van der Waals surface area contributed by atoms with Gasteiger partial charge in [0, 0.05) is 19.4 Å². The summed E-state index contributed by atoms with van der Waals surface area (Å²) < 4.78 is 17.7. The molecule has 0 amide bonds. The Kier molecular flexibility index (Phi) is 7.45. The van der Waals surface area contributed by atoms with E-state index >= 15 is 0 Å². The Bertz CT molecular complexity index is 369. The molecule has 1 aliphatic heterocycles. The fraction of sp³-hybridized carbons (Fsp3) is 0.944. The van der Waals surface area contributed by atoms with E-state index in [0.29, 0.717) is 42.7 Å². The fourth-order valence-electron chi connectivity index (χ4n) is 4.06. The van der Waals surface area contributed by atoms with Crippen LogP contribution < -0.4 is 0 Å². The van der Waals surface area contributed by atoms with Gasteiger partial charge in [-0.2, -0.15) is 0 Å². The van der Waals surface area contributed by atoms with Crippen LogP contribution in [-0.4, -0.2) is 39.2 Å². The highest BCUT2D eigenvalue weighted by Gasteiger charge is 2.45. The second-order valence-electron chi connectivity index (χ2n) is 8.11. The monoisotopic (exact) mass is 344 g/mol. The molecular formula is C18H36O4Si. The summed E-state index contributed by atoms with van der Waals surface area (Å²) in [6, 6.07) is 0. The van der Waals surface area contributed by atoms with Gasteiger partial charge in [-0.3, -0.25) is 4.79 Å². The lowest BCUT2D eigenvalue weighted by Gasteiger charge is -2.42. The number of carbonyl (C=O) groups excluding carboxylic acids is 1. The Morgan fingerprint density at radius 2 is 1.65 bits per heavy atom. The van der Waals surface area contributed by atoms with Crippen LogP contribution in [0.3, 0.4) is 0 Å². The van der Waals surface area contributed by atoms with Crippen molar-refractivity contribution < 1.29 is 18.7 Å². The Morgan fingerprint density at radius 1 is 1.13 bits per heavy atom. The van der Waals surface area contributed by atoms with Gasteiger partial charge in [-0.05, 0) is 30.5 Å². The number of hydrogen-bond donors (Lipinski definition) is 0. The van der Waals surface area contributed by atoms with Crippen molar-refractivity contribution in [3.8, 4) is 0 Å². The molecule has 0 radical (unpaired) electrons. The molecule has 0 aliphatic carbocycles. The number of rotatable bonds is 9. The first kappa shape index (κ1) is 20.8. The molecule has 0 spiro atoms. The summed E-state index contributed by atoms with van der Waals surface area (Å²) in [5.41, 5.74) is 1.64. The van der Waals surface area contributed by atoms with E-state index in [-0.39, 0.29) is 11.9 Å². The van der Waals surface area contributed by atoms with Crippen molar-refractivity contribution in [2.24, 2.45) is 0 Å². The topological polar surface area (TPSA) is 44.8 Å². The van der Waals surface area contributed by atoms with Gasteiger partial charge in [-0.1, -0.05) is 41.5 Å². The van der Waals surface area contributed by atoms with Gasteiger partial charge in [0.15, 0.2) is 14.1 Å². The standard InChI is InChI=1S/C18H36O4Si/c1-13(2)23(14(3)4,15(5)6)21-10-9-16(19)11-17-12-20-18(7,8)22-17/h13-15,17H,9-12H2,1-8H3/t17-/m0/s1. The van der Waals surface area contributed by atoms with Crippen LogP contribution >= 0.6 is 0 Å². The minimum atomic E-state index is -1.87. The summed E-state index contributed by atoms with van der Waals surface area (Å²) in [5.74, 6) is -0.355. The Hall–Kier alpha value is -0.233. The van der Waals surface area contributed by atoms with Crippen molar-refractivity contribution in [1.82, 2.24) is 0 Å². The molecule has 1 fully saturated rings. The molecule has 4 nitrogen and oxygen atoms in total. The van der Waals surface area contributed by atoms with Crippen LogP contribution in [0.1, 0.15) is 68.2 Å². The van der Waals surface area contributed by atoms with Crippen molar-refractivity contribution >= 4 is 14.1 Å². The van der Waals surface area contributed by atoms with Crippen molar-refractivity contribution in [2.45, 2.75) is 96.7 Å². The number of Topliss-reactive ketones (excluding diaryl/α,β-unsaturated/α-hetero) is 1. The summed E-state index contributed by atoms with van der Waals surface area (Å²) >= 11 is 0. The normalized spacial score (nSPS) is 21.6. The first-order valence-corrected chi connectivity index (χ1v) is 11.1. The third kappa shape index (κ3) is 5.38. The number of ketones is 1. The van der Waals surface area contributed by atoms with Crippen LogP contribution in [0.4, 0.5) is 0 Å². The molecule has 136 valence electrons. The second-order valence-corrected chi connectivity index (χ2v) is 13.6. The summed E-state index contributed by atoms with van der Waals surface area (Å²) in [6.07, 6.45) is 0.785. The van der Waals surface area contributed by atoms with Crippen LogP contribution in [0.5, 0.6) is 0 Å². The van der Waals surface area contributed by atoms with Crippen molar-refractivity contribution in [1.29, 1.82) is 0 Å². The highest BCUT2D eigenvalue weighted by molar-refractivity contribution is 6.77. The SMILES string of the molecule is CC(C)[Si](OCCC(=O)C[C@H]1COC(C)(C)O1)(C(C)C)C(C)C. The van der Waals surface area contributed by atoms with Crippen LogP contribution in [-0.2, 0) is 18.7 Å². The number of carbonyl (C=O) groups is 1. The molecule has 0 aromatic heterocycles. The smallest absolute Gasteiger partial charge is 0.200 e. The van der Waals surface area contributed by atoms with Gasteiger partial charge in [0.25, 0.3) is 0 Å². The largest absolute Gasteiger partial charge is 0.416 e. The van der Waals surface area contributed by atoms with Gasteiger partial charge in [0.2, 0.25) is 0 Å². The zero-order valence-electron chi connectivity index (χ0n) is 16.3. The summed E-state index contributed by atoms with van der Waals surface area (Å²) in [4.78, 5) is 12.2. The van der Waals surface area contributed by atoms with Gasteiger partial charge >= 0.3 is 0 Å². The molecule has 0 saturated carbocycles. The van der Waals surface area contributed by atoms with E-state index in [2.05, 4.69) is 41.5 Å². The Labute approximate surface area is 143 Å². The van der Waals surface area contributed by atoms with Crippen LogP contribution in [0.15, 0.2) is 0 Å². The molecule has 1 rings (SSSR count). The van der Waals surface area contributed by atoms with E-state index in [9.17, 15) is 4.79 Å². The summed E-state index contributed by atoms with van der Waals surface area (Å²) in [7, 11) is -1.87. The predicted molar refractivity (Wildman–Crippen MR) is 96.1 cm³/mol. The third-order valence-electron chi connectivity index (χ3n) is 4.96. The minimum Gasteiger partial charge on any atom is -0.416 e. The first-order valence-electron chi connectivity index (χ1n) is 8.98. The molecule has 0 aromatic rings. The first-order chi connectivity index (χ1) is 10.5. The van der Waals surface area contributed by atoms with Gasteiger partial charge in [-0.25, -0.2) is 0 Å². The molecule has 0 N–H and O–H groups in total. The molecule has 0 bridgehead atoms. The van der Waals surface area contributed by atoms with Gasteiger partial charge < -0.3 is 13.9 Å². The maximum Gasteiger partial charge on any atom is 0.200 e. The summed E-state index contributed by atoms with van der Waals surface area (Å²) in [6.45, 7) is 18.4. The lowest BCUT2D eigenvalue weighted by atomic mass is 10.1. The molecule has 23 heavy (non-hydrogen) atoms.